The molecule has 0 bridgehead atoms. The standard InChI is InChI=1S/C17H28N4O3/c1-16(2)10-12(11-17(3,4)20-16)18-15(23)13-6-7-14(22)21(19-13)8-9-24-5/h6-7,12,20H,8-11H2,1-5H3,(H,18,23). The summed E-state index contributed by atoms with van der Waals surface area (Å²) in [5.41, 5.74) is -0.0954. The summed E-state index contributed by atoms with van der Waals surface area (Å²) in [4.78, 5) is 24.3. The molecular weight excluding hydrogens is 308 g/mol. The maximum absolute atomic E-state index is 12.5. The van der Waals surface area contributed by atoms with Gasteiger partial charge in [-0.05, 0) is 46.6 Å². The number of hydrogen-bond donors (Lipinski definition) is 2. The molecule has 7 heteroatoms. The van der Waals surface area contributed by atoms with Crippen LogP contribution >= 0.6 is 0 Å². The Bertz CT molecular complexity index is 635. The van der Waals surface area contributed by atoms with Crippen molar-refractivity contribution < 1.29 is 9.53 Å². The number of carbonyl (C=O) groups excluding carboxylic acids is 1. The normalized spacial score (nSPS) is 19.9. The minimum atomic E-state index is -0.250. The van der Waals surface area contributed by atoms with Crippen LogP contribution in [0.2, 0.25) is 0 Å². The molecule has 1 fully saturated rings. The second-order valence-electron chi connectivity index (χ2n) is 7.74. The minimum absolute atomic E-state index is 0.0512. The van der Waals surface area contributed by atoms with Crippen molar-refractivity contribution in [3.63, 3.8) is 0 Å². The lowest BCUT2D eigenvalue weighted by atomic mass is 9.79. The highest BCUT2D eigenvalue weighted by molar-refractivity contribution is 5.92. The highest BCUT2D eigenvalue weighted by atomic mass is 16.5. The third kappa shape index (κ3) is 4.88. The first kappa shape index (κ1) is 18.6. The number of nitrogens with one attached hydrogen (secondary N) is 2. The van der Waals surface area contributed by atoms with E-state index in [1.54, 1.807) is 7.11 Å². The Hall–Kier alpha value is -1.73. The SMILES string of the molecule is COCCn1nc(C(=O)NC2CC(C)(C)NC(C)(C)C2)ccc1=O. The van der Waals surface area contributed by atoms with Crippen molar-refractivity contribution in [3.05, 3.63) is 28.2 Å². The molecule has 0 unspecified atom stereocenters. The van der Waals surface area contributed by atoms with E-state index in [1.807, 2.05) is 0 Å². The second-order valence-corrected chi connectivity index (χ2v) is 7.74. The second kappa shape index (κ2) is 7.03. The first-order valence-corrected chi connectivity index (χ1v) is 8.29. The largest absolute Gasteiger partial charge is 0.383 e. The zero-order chi connectivity index (χ0) is 18.0. The van der Waals surface area contributed by atoms with Gasteiger partial charge in [-0.3, -0.25) is 9.59 Å². The Morgan fingerprint density at radius 3 is 2.54 bits per heavy atom. The number of nitrogens with zero attached hydrogens (tertiary/aromatic N) is 2. The highest BCUT2D eigenvalue weighted by Crippen LogP contribution is 2.28. The molecule has 1 aliphatic rings. The molecule has 0 spiro atoms. The maximum Gasteiger partial charge on any atom is 0.271 e. The molecule has 2 heterocycles. The van der Waals surface area contributed by atoms with Crippen LogP contribution in [0, 0.1) is 0 Å². The number of aromatic nitrogens is 2. The Morgan fingerprint density at radius 2 is 1.96 bits per heavy atom. The summed E-state index contributed by atoms with van der Waals surface area (Å²) >= 11 is 0. The highest BCUT2D eigenvalue weighted by Gasteiger charge is 2.38. The molecule has 2 N–H and O–H groups in total. The van der Waals surface area contributed by atoms with Crippen molar-refractivity contribution in [1.29, 1.82) is 0 Å². The van der Waals surface area contributed by atoms with E-state index in [2.05, 4.69) is 43.4 Å². The van der Waals surface area contributed by atoms with Crippen molar-refractivity contribution in [2.75, 3.05) is 13.7 Å². The lowest BCUT2D eigenvalue weighted by Crippen LogP contribution is -2.62. The van der Waals surface area contributed by atoms with E-state index in [0.717, 1.165) is 12.8 Å². The lowest BCUT2D eigenvalue weighted by Gasteiger charge is -2.46. The van der Waals surface area contributed by atoms with Crippen molar-refractivity contribution >= 4 is 5.91 Å². The van der Waals surface area contributed by atoms with Gasteiger partial charge in [-0.1, -0.05) is 0 Å². The fraction of sp³-hybridized carbons (Fsp3) is 0.706. The molecule has 1 aromatic rings. The van der Waals surface area contributed by atoms with E-state index >= 15 is 0 Å². The topological polar surface area (TPSA) is 85.2 Å². The fourth-order valence-electron chi connectivity index (χ4n) is 3.59. The van der Waals surface area contributed by atoms with E-state index in [9.17, 15) is 9.59 Å². The van der Waals surface area contributed by atoms with E-state index in [1.165, 1.54) is 16.8 Å². The van der Waals surface area contributed by atoms with Gasteiger partial charge in [0.15, 0.2) is 0 Å². The molecule has 0 radical (unpaired) electrons. The predicted molar refractivity (Wildman–Crippen MR) is 92.2 cm³/mol. The number of rotatable bonds is 5. The van der Waals surface area contributed by atoms with Gasteiger partial charge in [-0.25, -0.2) is 4.68 Å². The summed E-state index contributed by atoms with van der Waals surface area (Å²) in [6, 6.07) is 2.90. The molecule has 1 amide bonds. The molecule has 1 aliphatic heterocycles. The number of methoxy groups -OCH3 is 1. The number of piperidine rings is 1. The van der Waals surface area contributed by atoms with Crippen LogP contribution < -0.4 is 16.2 Å². The number of amides is 1. The third-order valence-corrected chi connectivity index (χ3v) is 4.13. The average Bonchev–Trinajstić information content (AvgIpc) is 2.42. The van der Waals surface area contributed by atoms with E-state index < -0.39 is 0 Å². The van der Waals surface area contributed by atoms with Gasteiger partial charge in [0.2, 0.25) is 0 Å². The summed E-state index contributed by atoms with van der Waals surface area (Å²) in [6.45, 7) is 9.23. The molecule has 1 saturated heterocycles. The molecule has 134 valence electrons. The third-order valence-electron chi connectivity index (χ3n) is 4.13. The monoisotopic (exact) mass is 336 g/mol. The van der Waals surface area contributed by atoms with E-state index in [-0.39, 0.29) is 34.3 Å². The molecule has 1 aromatic heterocycles. The Balaban J connectivity index is 2.10. The van der Waals surface area contributed by atoms with Crippen LogP contribution in [0.1, 0.15) is 51.0 Å². The van der Waals surface area contributed by atoms with Crippen LogP contribution in [-0.2, 0) is 11.3 Å². The van der Waals surface area contributed by atoms with Gasteiger partial charge in [-0.2, -0.15) is 5.10 Å². The van der Waals surface area contributed by atoms with Crippen LogP contribution in [0.25, 0.3) is 0 Å². The van der Waals surface area contributed by atoms with Gasteiger partial charge in [0, 0.05) is 30.3 Å². The molecule has 24 heavy (non-hydrogen) atoms. The fourth-order valence-corrected chi connectivity index (χ4v) is 3.59. The first-order chi connectivity index (χ1) is 11.1. The van der Waals surface area contributed by atoms with E-state index in [4.69, 9.17) is 4.74 Å². The Labute approximate surface area is 142 Å². The average molecular weight is 336 g/mol. The molecule has 7 nitrogen and oxygen atoms in total. The van der Waals surface area contributed by atoms with Crippen LogP contribution in [-0.4, -0.2) is 46.5 Å². The van der Waals surface area contributed by atoms with Gasteiger partial charge in [-0.15, -0.1) is 0 Å². The number of ether oxygens (including phenoxy) is 1. The van der Waals surface area contributed by atoms with E-state index in [0.29, 0.717) is 13.2 Å². The molecule has 0 aromatic carbocycles. The summed E-state index contributed by atoms with van der Waals surface area (Å²) in [5, 5.41) is 10.8. The van der Waals surface area contributed by atoms with Crippen LogP contribution in [0.5, 0.6) is 0 Å². The smallest absolute Gasteiger partial charge is 0.271 e. The first-order valence-electron chi connectivity index (χ1n) is 8.29. The summed E-state index contributed by atoms with van der Waals surface area (Å²) in [6.07, 6.45) is 1.68. The maximum atomic E-state index is 12.5. The van der Waals surface area contributed by atoms with Crippen molar-refractivity contribution in [3.8, 4) is 0 Å². The van der Waals surface area contributed by atoms with Crippen molar-refractivity contribution in [1.82, 2.24) is 20.4 Å². The summed E-state index contributed by atoms with van der Waals surface area (Å²) in [7, 11) is 1.56. The van der Waals surface area contributed by atoms with Crippen LogP contribution in [0.4, 0.5) is 0 Å². The number of hydrogen-bond acceptors (Lipinski definition) is 5. The molecule has 0 saturated carbocycles. The van der Waals surface area contributed by atoms with Gasteiger partial charge < -0.3 is 15.4 Å². The predicted octanol–water partition coefficient (Wildman–Crippen LogP) is 0.929. The van der Waals surface area contributed by atoms with Crippen LogP contribution in [0.3, 0.4) is 0 Å². The Morgan fingerprint density at radius 1 is 1.33 bits per heavy atom. The molecule has 0 aliphatic carbocycles. The quantitative estimate of drug-likeness (QED) is 0.835. The van der Waals surface area contributed by atoms with Gasteiger partial charge in [0.25, 0.3) is 11.5 Å². The minimum Gasteiger partial charge on any atom is -0.383 e. The molecule has 2 rings (SSSR count). The molecule has 0 atom stereocenters. The number of carbonyl (C=O) groups is 1. The zero-order valence-corrected chi connectivity index (χ0v) is 15.2. The Kier molecular flexibility index (Phi) is 5.45. The van der Waals surface area contributed by atoms with Gasteiger partial charge in [0.1, 0.15) is 5.69 Å². The zero-order valence-electron chi connectivity index (χ0n) is 15.2. The van der Waals surface area contributed by atoms with Crippen LogP contribution in [0.15, 0.2) is 16.9 Å². The summed E-state index contributed by atoms with van der Waals surface area (Å²) in [5.74, 6) is -0.250. The van der Waals surface area contributed by atoms with Gasteiger partial charge >= 0.3 is 0 Å². The lowest BCUT2D eigenvalue weighted by molar-refractivity contribution is 0.0864. The van der Waals surface area contributed by atoms with Crippen molar-refractivity contribution in [2.24, 2.45) is 0 Å². The van der Waals surface area contributed by atoms with Crippen molar-refractivity contribution in [2.45, 2.75) is 64.2 Å². The summed E-state index contributed by atoms with van der Waals surface area (Å²) < 4.78 is 6.22. The molecular formula is C17H28N4O3. The van der Waals surface area contributed by atoms with Gasteiger partial charge in [0.05, 0.1) is 13.2 Å².